The second-order valence-electron chi connectivity index (χ2n) is 5.89. The summed E-state index contributed by atoms with van der Waals surface area (Å²) in [6, 6.07) is -0.497. The maximum atomic E-state index is 11.5. The molecule has 1 rings (SSSR count). The average molecular weight is 288 g/mol. The Bertz CT molecular complexity index is 353. The molecule has 0 aliphatic carbocycles. The number of carbonyl (C=O) groups excluding carboxylic acids is 1. The molecule has 1 heterocycles. The Labute approximate surface area is 119 Å². The van der Waals surface area contributed by atoms with Crippen molar-refractivity contribution in [2.24, 2.45) is 0 Å². The number of carbonyl (C=O) groups is 2. The lowest BCUT2D eigenvalue weighted by molar-refractivity contribution is -0.145. The van der Waals surface area contributed by atoms with E-state index in [-0.39, 0.29) is 6.73 Å². The van der Waals surface area contributed by atoms with Gasteiger partial charge < -0.3 is 14.6 Å². The van der Waals surface area contributed by atoms with Crippen LogP contribution in [0.5, 0.6) is 0 Å². The number of hydrogen-bond acceptors (Lipinski definition) is 5. The van der Waals surface area contributed by atoms with Crippen molar-refractivity contribution in [1.82, 2.24) is 10.2 Å². The minimum atomic E-state index is -0.834. The van der Waals surface area contributed by atoms with Crippen molar-refractivity contribution >= 4 is 12.1 Å². The second-order valence-corrected chi connectivity index (χ2v) is 5.89. The summed E-state index contributed by atoms with van der Waals surface area (Å²) in [6.45, 7) is 7.87. The first-order chi connectivity index (χ1) is 9.19. The van der Waals surface area contributed by atoms with Crippen LogP contribution in [0.2, 0.25) is 0 Å². The minimum Gasteiger partial charge on any atom is -0.480 e. The number of aliphatic carboxylic acids is 1. The van der Waals surface area contributed by atoms with Gasteiger partial charge in [-0.2, -0.15) is 0 Å². The van der Waals surface area contributed by atoms with Crippen LogP contribution < -0.4 is 5.32 Å². The Kier molecular flexibility index (Phi) is 5.76. The minimum absolute atomic E-state index is 0.175. The van der Waals surface area contributed by atoms with Crippen molar-refractivity contribution in [1.29, 1.82) is 0 Å². The molecule has 20 heavy (non-hydrogen) atoms. The summed E-state index contributed by atoms with van der Waals surface area (Å²) in [4.78, 5) is 24.3. The molecule has 7 heteroatoms. The fraction of sp³-hybridized carbons (Fsp3) is 0.846. The number of likely N-dealkylation sites (tertiary alicyclic amines) is 1. The summed E-state index contributed by atoms with van der Waals surface area (Å²) in [5.74, 6) is -0.834. The lowest BCUT2D eigenvalue weighted by Crippen LogP contribution is -2.43. The Morgan fingerprint density at radius 2 is 2.10 bits per heavy atom. The van der Waals surface area contributed by atoms with Gasteiger partial charge in [-0.3, -0.25) is 15.0 Å². The molecule has 1 saturated heterocycles. The Morgan fingerprint density at radius 1 is 1.45 bits per heavy atom. The van der Waals surface area contributed by atoms with Crippen LogP contribution in [0.4, 0.5) is 4.79 Å². The van der Waals surface area contributed by atoms with Crippen molar-refractivity contribution in [3.8, 4) is 0 Å². The van der Waals surface area contributed by atoms with Gasteiger partial charge in [0.15, 0.2) is 0 Å². The number of hydrogen-bond donors (Lipinski definition) is 2. The van der Waals surface area contributed by atoms with Gasteiger partial charge in [-0.25, -0.2) is 4.79 Å². The molecule has 1 aliphatic heterocycles. The summed E-state index contributed by atoms with van der Waals surface area (Å²) in [5.41, 5.74) is -0.562. The molecular formula is C13H24N2O5. The third-order valence-corrected chi connectivity index (χ3v) is 2.86. The van der Waals surface area contributed by atoms with E-state index in [4.69, 9.17) is 14.6 Å². The zero-order valence-corrected chi connectivity index (χ0v) is 12.5. The largest absolute Gasteiger partial charge is 0.480 e. The summed E-state index contributed by atoms with van der Waals surface area (Å²) in [6.07, 6.45) is 0.377. The molecule has 0 aromatic carbocycles. The van der Waals surface area contributed by atoms with Gasteiger partial charge in [-0.15, -0.1) is 0 Å². The predicted octanol–water partition coefficient (Wildman–Crippen LogP) is 1.38. The number of alkyl carbamates (subject to hydrolysis) is 1. The van der Waals surface area contributed by atoms with Crippen LogP contribution in [0, 0.1) is 0 Å². The number of nitrogens with one attached hydrogen (secondary N) is 1. The molecule has 2 atom stereocenters. The van der Waals surface area contributed by atoms with Gasteiger partial charge >= 0.3 is 12.1 Å². The molecule has 2 N–H and O–H groups in total. The highest BCUT2D eigenvalue weighted by Gasteiger charge is 2.30. The monoisotopic (exact) mass is 288 g/mol. The van der Waals surface area contributed by atoms with Gasteiger partial charge in [-0.05, 0) is 40.5 Å². The average Bonchev–Trinajstić information content (AvgIpc) is 2.71. The van der Waals surface area contributed by atoms with E-state index in [2.05, 4.69) is 5.32 Å². The van der Waals surface area contributed by atoms with Gasteiger partial charge in [-0.1, -0.05) is 0 Å². The number of carboxylic acids is 1. The van der Waals surface area contributed by atoms with Gasteiger partial charge in [0, 0.05) is 6.54 Å². The SMILES string of the molecule is CC(NC(=O)OC(C)(C)C)OCN1CCC[C@@H]1C(=O)O. The topological polar surface area (TPSA) is 88.1 Å². The van der Waals surface area contributed by atoms with E-state index in [1.165, 1.54) is 0 Å². The number of nitrogens with zero attached hydrogens (tertiary/aromatic N) is 1. The van der Waals surface area contributed by atoms with Crippen LogP contribution in [-0.2, 0) is 14.3 Å². The quantitative estimate of drug-likeness (QED) is 0.743. The number of carboxylic acid groups (broad SMARTS) is 1. The van der Waals surface area contributed by atoms with Crippen molar-refractivity contribution in [3.63, 3.8) is 0 Å². The van der Waals surface area contributed by atoms with Crippen molar-refractivity contribution in [3.05, 3.63) is 0 Å². The highest BCUT2D eigenvalue weighted by Crippen LogP contribution is 2.17. The van der Waals surface area contributed by atoms with Crippen LogP contribution >= 0.6 is 0 Å². The zero-order valence-electron chi connectivity index (χ0n) is 12.5. The van der Waals surface area contributed by atoms with Crippen LogP contribution in [0.3, 0.4) is 0 Å². The third-order valence-electron chi connectivity index (χ3n) is 2.86. The third kappa shape index (κ3) is 5.75. The number of ether oxygens (including phenoxy) is 2. The molecule has 0 saturated carbocycles. The molecule has 0 aromatic heterocycles. The van der Waals surface area contributed by atoms with E-state index >= 15 is 0 Å². The highest BCUT2D eigenvalue weighted by atomic mass is 16.6. The van der Waals surface area contributed by atoms with Gasteiger partial charge in [0.1, 0.15) is 24.6 Å². The lowest BCUT2D eigenvalue weighted by atomic mass is 10.2. The van der Waals surface area contributed by atoms with E-state index in [1.54, 1.807) is 32.6 Å². The summed E-state index contributed by atoms with van der Waals surface area (Å²) in [5, 5.41) is 11.6. The highest BCUT2D eigenvalue weighted by molar-refractivity contribution is 5.73. The van der Waals surface area contributed by atoms with Gasteiger partial charge in [0.05, 0.1) is 0 Å². The van der Waals surface area contributed by atoms with Crippen LogP contribution in [0.1, 0.15) is 40.5 Å². The molecular weight excluding hydrogens is 264 g/mol. The van der Waals surface area contributed by atoms with E-state index in [0.29, 0.717) is 13.0 Å². The molecule has 0 radical (unpaired) electrons. The zero-order chi connectivity index (χ0) is 15.3. The maximum absolute atomic E-state index is 11.5. The van der Waals surface area contributed by atoms with Gasteiger partial charge in [0.25, 0.3) is 0 Å². The van der Waals surface area contributed by atoms with Crippen LogP contribution in [0.25, 0.3) is 0 Å². The van der Waals surface area contributed by atoms with E-state index in [0.717, 1.165) is 6.42 Å². The number of amides is 1. The second kappa shape index (κ2) is 6.90. The standard InChI is InChI=1S/C13H24N2O5/c1-9(14-12(18)20-13(2,3)4)19-8-15-7-5-6-10(15)11(16)17/h9-10H,5-8H2,1-4H3,(H,14,18)(H,16,17)/t9?,10-/m1/s1. The first-order valence-corrected chi connectivity index (χ1v) is 6.77. The summed E-state index contributed by atoms with van der Waals surface area (Å²) in [7, 11) is 0. The van der Waals surface area contributed by atoms with Crippen molar-refractivity contribution in [2.45, 2.75) is 58.4 Å². The summed E-state index contributed by atoms with van der Waals surface area (Å²) >= 11 is 0. The molecule has 116 valence electrons. The van der Waals surface area contributed by atoms with Crippen LogP contribution in [-0.4, -0.2) is 53.2 Å². The lowest BCUT2D eigenvalue weighted by Gasteiger charge is -2.25. The molecule has 1 unspecified atom stereocenters. The molecule has 0 aromatic rings. The normalized spacial score (nSPS) is 21.5. The molecule has 1 amide bonds. The number of rotatable bonds is 5. The molecule has 1 aliphatic rings. The van der Waals surface area contributed by atoms with E-state index in [9.17, 15) is 9.59 Å². The molecule has 0 bridgehead atoms. The predicted molar refractivity (Wildman–Crippen MR) is 72.1 cm³/mol. The van der Waals surface area contributed by atoms with Crippen molar-refractivity contribution < 1.29 is 24.2 Å². The van der Waals surface area contributed by atoms with E-state index < -0.39 is 29.9 Å². The first kappa shape index (κ1) is 16.7. The fourth-order valence-electron chi connectivity index (χ4n) is 1.98. The van der Waals surface area contributed by atoms with Crippen LogP contribution in [0.15, 0.2) is 0 Å². The van der Waals surface area contributed by atoms with Crippen molar-refractivity contribution in [2.75, 3.05) is 13.3 Å². The van der Waals surface area contributed by atoms with Gasteiger partial charge in [0.2, 0.25) is 0 Å². The first-order valence-electron chi connectivity index (χ1n) is 6.77. The Morgan fingerprint density at radius 3 is 2.65 bits per heavy atom. The molecule has 1 fully saturated rings. The Hall–Kier alpha value is -1.34. The summed E-state index contributed by atoms with van der Waals surface area (Å²) < 4.78 is 10.5. The maximum Gasteiger partial charge on any atom is 0.409 e. The fourth-order valence-corrected chi connectivity index (χ4v) is 1.98. The smallest absolute Gasteiger partial charge is 0.409 e. The van der Waals surface area contributed by atoms with E-state index in [1.807, 2.05) is 0 Å². The molecule has 7 nitrogen and oxygen atoms in total. The Balaban J connectivity index is 2.31. The molecule has 0 spiro atoms.